The Morgan fingerprint density at radius 3 is 2.38 bits per heavy atom. The number of anilines is 1. The highest BCUT2D eigenvalue weighted by atomic mass is 19.1. The Kier molecular flexibility index (Phi) is 5.40. The molecule has 3 aromatic heterocycles. The molecular formula is C27H26FN7O2. The van der Waals surface area contributed by atoms with Crippen molar-refractivity contribution >= 4 is 23.3 Å². The number of carbonyl (C=O) groups excluding carboxylic acids is 2. The molecule has 2 fully saturated rings. The zero-order valence-corrected chi connectivity index (χ0v) is 20.3. The summed E-state index contributed by atoms with van der Waals surface area (Å²) < 4.78 is 15.7. The number of aromatic nitrogens is 4. The molecule has 5 heterocycles. The number of Topliss-reactive ketones (excluding diaryl/α,β-unsaturated/α-hetero) is 1. The molecule has 0 radical (unpaired) electrons. The molecule has 2 aliphatic heterocycles. The smallest absolute Gasteiger partial charge is 0.315 e. The van der Waals surface area contributed by atoms with Gasteiger partial charge in [0.05, 0.1) is 23.1 Å². The Hall–Kier alpha value is -4.34. The first kappa shape index (κ1) is 23.1. The first-order valence-corrected chi connectivity index (χ1v) is 12.3. The van der Waals surface area contributed by atoms with Gasteiger partial charge in [-0.3, -0.25) is 9.78 Å². The fraction of sp³-hybridized carbons (Fsp3) is 0.296. The number of nitrogens with zero attached hydrogens (tertiary/aromatic N) is 5. The van der Waals surface area contributed by atoms with Gasteiger partial charge in [-0.2, -0.15) is 9.61 Å². The van der Waals surface area contributed by atoms with Crippen LogP contribution in [0, 0.1) is 5.82 Å². The van der Waals surface area contributed by atoms with Crippen LogP contribution in [0.5, 0.6) is 0 Å². The van der Waals surface area contributed by atoms with Gasteiger partial charge in [-0.1, -0.05) is 18.2 Å². The number of rotatable bonds is 4. The number of urea groups is 1. The van der Waals surface area contributed by atoms with Crippen LogP contribution in [-0.4, -0.2) is 48.4 Å². The number of halogens is 1. The summed E-state index contributed by atoms with van der Waals surface area (Å²) in [7, 11) is 0. The quantitative estimate of drug-likeness (QED) is 0.405. The van der Waals surface area contributed by atoms with E-state index in [4.69, 9.17) is 16.5 Å². The first-order valence-electron chi connectivity index (χ1n) is 12.3. The third-order valence-corrected chi connectivity index (χ3v) is 7.66. The molecule has 37 heavy (non-hydrogen) atoms. The van der Waals surface area contributed by atoms with Crippen molar-refractivity contribution in [1.29, 1.82) is 0 Å². The molecule has 9 nitrogen and oxygen atoms in total. The van der Waals surface area contributed by atoms with Gasteiger partial charge >= 0.3 is 6.03 Å². The SMILES string of the molecule is CC(=O)c1c(C2CC3CC[C@H](C2)N3C(N)=O)nc2c(-c3ccc(-c4ccccc4F)nc3)cnn2c1N. The summed E-state index contributed by atoms with van der Waals surface area (Å²) in [5.74, 6) is -0.326. The normalized spacial score (nSPS) is 20.9. The average molecular weight is 500 g/mol. The van der Waals surface area contributed by atoms with Gasteiger partial charge < -0.3 is 16.4 Å². The van der Waals surface area contributed by atoms with Crippen LogP contribution in [0.4, 0.5) is 15.0 Å². The lowest BCUT2D eigenvalue weighted by Gasteiger charge is -2.38. The van der Waals surface area contributed by atoms with E-state index in [9.17, 15) is 14.0 Å². The summed E-state index contributed by atoms with van der Waals surface area (Å²) in [4.78, 5) is 35.9. The van der Waals surface area contributed by atoms with Crippen LogP contribution in [-0.2, 0) is 0 Å². The molecule has 0 saturated carbocycles. The Morgan fingerprint density at radius 2 is 1.76 bits per heavy atom. The van der Waals surface area contributed by atoms with Gasteiger partial charge in [0.2, 0.25) is 0 Å². The van der Waals surface area contributed by atoms with Crippen LogP contribution in [0.1, 0.15) is 54.6 Å². The van der Waals surface area contributed by atoms with E-state index in [1.54, 1.807) is 41.6 Å². The number of fused-ring (bicyclic) bond motifs is 3. The second-order valence-corrected chi connectivity index (χ2v) is 9.82. The van der Waals surface area contributed by atoms with Crippen molar-refractivity contribution in [2.75, 3.05) is 5.73 Å². The molecular weight excluding hydrogens is 473 g/mol. The van der Waals surface area contributed by atoms with Gasteiger partial charge in [-0.05, 0) is 50.8 Å². The van der Waals surface area contributed by atoms with Crippen LogP contribution >= 0.6 is 0 Å². The number of amides is 2. The van der Waals surface area contributed by atoms with Crippen LogP contribution in [0.15, 0.2) is 48.8 Å². The number of hydrogen-bond donors (Lipinski definition) is 2. The lowest BCUT2D eigenvalue weighted by Crippen LogP contribution is -2.48. The number of ketones is 1. The maximum absolute atomic E-state index is 14.2. The van der Waals surface area contributed by atoms with E-state index < -0.39 is 6.03 Å². The van der Waals surface area contributed by atoms with Gasteiger partial charge in [-0.25, -0.2) is 14.2 Å². The highest BCUT2D eigenvalue weighted by Crippen LogP contribution is 2.44. The van der Waals surface area contributed by atoms with Gasteiger partial charge in [-0.15, -0.1) is 0 Å². The van der Waals surface area contributed by atoms with Crippen LogP contribution in [0.2, 0.25) is 0 Å². The number of piperidine rings is 1. The van der Waals surface area contributed by atoms with Crippen molar-refractivity contribution in [3.8, 4) is 22.4 Å². The van der Waals surface area contributed by atoms with Crippen molar-refractivity contribution < 1.29 is 14.0 Å². The second kappa shape index (κ2) is 8.65. The highest BCUT2D eigenvalue weighted by Gasteiger charge is 2.44. The molecule has 0 aliphatic carbocycles. The highest BCUT2D eigenvalue weighted by molar-refractivity contribution is 6.00. The molecule has 10 heteroatoms. The van der Waals surface area contributed by atoms with E-state index in [1.807, 2.05) is 6.07 Å². The van der Waals surface area contributed by atoms with E-state index in [1.165, 1.54) is 17.5 Å². The Morgan fingerprint density at radius 1 is 1.03 bits per heavy atom. The molecule has 2 unspecified atom stereocenters. The summed E-state index contributed by atoms with van der Waals surface area (Å²) in [6.45, 7) is 1.48. The number of carbonyl (C=O) groups is 2. The molecule has 4 N–H and O–H groups in total. The Labute approximate surface area is 212 Å². The Bertz CT molecular complexity index is 1530. The zero-order chi connectivity index (χ0) is 25.8. The zero-order valence-electron chi connectivity index (χ0n) is 20.3. The van der Waals surface area contributed by atoms with E-state index >= 15 is 0 Å². The lowest BCUT2D eigenvalue weighted by molar-refractivity contribution is 0.101. The van der Waals surface area contributed by atoms with Crippen molar-refractivity contribution in [3.05, 3.63) is 65.9 Å². The maximum atomic E-state index is 14.2. The van der Waals surface area contributed by atoms with Gasteiger partial charge in [0.15, 0.2) is 11.4 Å². The third-order valence-electron chi connectivity index (χ3n) is 7.66. The minimum Gasteiger partial charge on any atom is -0.383 e. The average Bonchev–Trinajstić information content (AvgIpc) is 3.42. The standard InChI is InChI=1S/C27H26FN7O2/c1-14(36)23-24(16-10-17-7-8-18(11-16)34(17)27(30)37)33-26-20(13-32-35(26)25(23)29)15-6-9-22(31-12-15)19-4-2-3-5-21(19)28/h2-6,9,12-13,16-18H,7-8,10-11,29H2,1H3,(H2,30,37)/t16?,17-,18?/m1/s1. The molecule has 2 saturated heterocycles. The van der Waals surface area contributed by atoms with Gasteiger partial charge in [0.25, 0.3) is 0 Å². The number of nitrogens with two attached hydrogens (primary N) is 2. The molecule has 1 aromatic carbocycles. The van der Waals surface area contributed by atoms with Crippen LogP contribution in [0.3, 0.4) is 0 Å². The molecule has 4 aromatic rings. The van der Waals surface area contributed by atoms with E-state index in [2.05, 4.69) is 10.1 Å². The number of hydrogen-bond acceptors (Lipinski definition) is 6. The molecule has 188 valence electrons. The largest absolute Gasteiger partial charge is 0.383 e. The Balaban J connectivity index is 1.42. The molecule has 3 atom stereocenters. The van der Waals surface area contributed by atoms with Gasteiger partial charge in [0.1, 0.15) is 11.6 Å². The van der Waals surface area contributed by atoms with Crippen molar-refractivity contribution in [2.24, 2.45) is 5.73 Å². The lowest BCUT2D eigenvalue weighted by atomic mass is 9.85. The predicted molar refractivity (Wildman–Crippen MR) is 136 cm³/mol. The van der Waals surface area contributed by atoms with E-state index in [0.717, 1.165) is 18.4 Å². The predicted octanol–water partition coefficient (Wildman–Crippen LogP) is 4.17. The number of benzene rings is 1. The molecule has 0 spiro atoms. The molecule has 2 aliphatic rings. The summed E-state index contributed by atoms with van der Waals surface area (Å²) >= 11 is 0. The third kappa shape index (κ3) is 3.71. The monoisotopic (exact) mass is 499 g/mol. The van der Waals surface area contributed by atoms with Crippen molar-refractivity contribution in [3.63, 3.8) is 0 Å². The molecule has 2 bridgehead atoms. The summed E-state index contributed by atoms with van der Waals surface area (Å²) in [5, 5.41) is 4.42. The van der Waals surface area contributed by atoms with E-state index in [0.29, 0.717) is 46.6 Å². The summed E-state index contributed by atoms with van der Waals surface area (Å²) in [6, 6.07) is 9.73. The molecule has 2 amide bonds. The first-order chi connectivity index (χ1) is 17.8. The number of primary amides is 1. The fourth-order valence-corrected chi connectivity index (χ4v) is 6.03. The second-order valence-electron chi connectivity index (χ2n) is 9.82. The minimum atomic E-state index is -0.398. The van der Waals surface area contributed by atoms with Crippen molar-refractivity contribution in [1.82, 2.24) is 24.5 Å². The molecule has 6 rings (SSSR count). The van der Waals surface area contributed by atoms with Crippen LogP contribution < -0.4 is 11.5 Å². The number of nitrogen functional groups attached to an aromatic ring is 1. The minimum absolute atomic E-state index is 0.0276. The maximum Gasteiger partial charge on any atom is 0.315 e. The summed E-state index contributed by atoms with van der Waals surface area (Å²) in [5.41, 5.74) is 16.0. The number of pyridine rings is 1. The van der Waals surface area contributed by atoms with E-state index in [-0.39, 0.29) is 35.4 Å². The van der Waals surface area contributed by atoms with Crippen LogP contribution in [0.25, 0.3) is 28.0 Å². The van der Waals surface area contributed by atoms with Gasteiger partial charge in [0, 0.05) is 40.9 Å². The summed E-state index contributed by atoms with van der Waals surface area (Å²) in [6.07, 6.45) is 6.41. The fourth-order valence-electron chi connectivity index (χ4n) is 6.03. The topological polar surface area (TPSA) is 132 Å². The van der Waals surface area contributed by atoms with Crippen molar-refractivity contribution in [2.45, 2.75) is 50.6 Å².